The van der Waals surface area contributed by atoms with Crippen molar-refractivity contribution in [3.05, 3.63) is 38.1 Å². The summed E-state index contributed by atoms with van der Waals surface area (Å²) in [5.41, 5.74) is -1.11. The van der Waals surface area contributed by atoms with Crippen LogP contribution in [0.4, 0.5) is 5.82 Å². The SMILES string of the molecule is Cc1nnc2n1C[C@H](Nc1c(C#N)c(=O)n(C)c(=O)n1C)CC2. The maximum Gasteiger partial charge on any atom is 0.332 e. The van der Waals surface area contributed by atoms with E-state index in [9.17, 15) is 14.9 Å². The Kier molecular flexibility index (Phi) is 3.52. The first kappa shape index (κ1) is 15.0. The van der Waals surface area contributed by atoms with Crippen molar-refractivity contribution in [3.63, 3.8) is 0 Å². The molecule has 23 heavy (non-hydrogen) atoms. The molecule has 3 heterocycles. The molecule has 0 aliphatic carbocycles. The number of aryl methyl sites for hydroxylation is 2. The van der Waals surface area contributed by atoms with Gasteiger partial charge < -0.3 is 9.88 Å². The summed E-state index contributed by atoms with van der Waals surface area (Å²) in [6.07, 6.45) is 1.53. The van der Waals surface area contributed by atoms with E-state index in [0.29, 0.717) is 6.54 Å². The Labute approximate surface area is 131 Å². The second-order valence-electron chi connectivity index (χ2n) is 5.70. The van der Waals surface area contributed by atoms with Crippen molar-refractivity contribution in [1.29, 1.82) is 5.26 Å². The molecule has 3 rings (SSSR count). The molecular weight excluding hydrogens is 298 g/mol. The van der Waals surface area contributed by atoms with E-state index in [4.69, 9.17) is 0 Å². The van der Waals surface area contributed by atoms with Crippen molar-refractivity contribution in [2.75, 3.05) is 5.32 Å². The summed E-state index contributed by atoms with van der Waals surface area (Å²) in [4.78, 5) is 24.2. The average Bonchev–Trinajstić information content (AvgIpc) is 2.92. The molecule has 1 atom stereocenters. The average molecular weight is 315 g/mol. The van der Waals surface area contributed by atoms with Gasteiger partial charge in [-0.2, -0.15) is 5.26 Å². The maximum absolute atomic E-state index is 12.1. The quantitative estimate of drug-likeness (QED) is 0.783. The van der Waals surface area contributed by atoms with E-state index in [1.165, 1.54) is 11.6 Å². The predicted molar refractivity (Wildman–Crippen MR) is 82.1 cm³/mol. The summed E-state index contributed by atoms with van der Waals surface area (Å²) in [6.45, 7) is 2.51. The van der Waals surface area contributed by atoms with Gasteiger partial charge in [-0.3, -0.25) is 13.9 Å². The second-order valence-corrected chi connectivity index (χ2v) is 5.70. The van der Waals surface area contributed by atoms with Crippen molar-refractivity contribution in [1.82, 2.24) is 23.9 Å². The standard InChI is InChI=1S/C14H17N7O2/c1-8-17-18-11-5-4-9(7-21(8)11)16-12-10(6-15)13(22)20(3)14(23)19(12)2/h9,16H,4-5,7H2,1-3H3/t9-/m1/s1. The van der Waals surface area contributed by atoms with Crippen LogP contribution in [0.1, 0.15) is 23.6 Å². The van der Waals surface area contributed by atoms with Crippen LogP contribution < -0.4 is 16.6 Å². The molecule has 0 fully saturated rings. The minimum atomic E-state index is -0.588. The van der Waals surface area contributed by atoms with Gasteiger partial charge in [-0.15, -0.1) is 10.2 Å². The van der Waals surface area contributed by atoms with Crippen molar-refractivity contribution in [3.8, 4) is 6.07 Å². The first-order chi connectivity index (χ1) is 10.9. The third kappa shape index (κ3) is 2.32. The van der Waals surface area contributed by atoms with Crippen LogP contribution in [0, 0.1) is 18.3 Å². The molecule has 0 spiro atoms. The number of fused-ring (bicyclic) bond motifs is 1. The normalized spacial score (nSPS) is 16.7. The lowest BCUT2D eigenvalue weighted by molar-refractivity contribution is 0.466. The van der Waals surface area contributed by atoms with Crippen LogP contribution in [0.5, 0.6) is 0 Å². The number of nitriles is 1. The number of nitrogens with zero attached hydrogens (tertiary/aromatic N) is 6. The Balaban J connectivity index is 1.99. The van der Waals surface area contributed by atoms with Gasteiger partial charge in [0.05, 0.1) is 0 Å². The third-order valence-electron chi connectivity index (χ3n) is 4.25. The van der Waals surface area contributed by atoms with Crippen LogP contribution in [0.2, 0.25) is 0 Å². The Morgan fingerprint density at radius 3 is 2.70 bits per heavy atom. The molecular formula is C14H17N7O2. The molecule has 0 unspecified atom stereocenters. The Bertz CT molecular complexity index is 928. The summed E-state index contributed by atoms with van der Waals surface area (Å²) in [5.74, 6) is 2.02. The number of hydrogen-bond donors (Lipinski definition) is 1. The molecule has 9 heteroatoms. The van der Waals surface area contributed by atoms with Crippen molar-refractivity contribution >= 4 is 5.82 Å². The first-order valence-electron chi connectivity index (χ1n) is 7.29. The van der Waals surface area contributed by atoms with E-state index in [0.717, 1.165) is 29.1 Å². The molecule has 0 saturated carbocycles. The molecule has 2 aromatic rings. The molecule has 1 aliphatic heterocycles. The predicted octanol–water partition coefficient (Wildman–Crippen LogP) is -0.717. The van der Waals surface area contributed by atoms with Crippen molar-refractivity contribution in [2.45, 2.75) is 32.4 Å². The lowest BCUT2D eigenvalue weighted by atomic mass is 10.1. The van der Waals surface area contributed by atoms with Gasteiger partial charge in [-0.25, -0.2) is 4.79 Å². The highest BCUT2D eigenvalue weighted by molar-refractivity contribution is 5.51. The van der Waals surface area contributed by atoms with Crippen molar-refractivity contribution < 1.29 is 0 Å². The summed E-state index contributed by atoms with van der Waals surface area (Å²) in [5, 5.41) is 20.6. The number of aromatic nitrogens is 5. The van der Waals surface area contributed by atoms with Crippen molar-refractivity contribution in [2.24, 2.45) is 14.1 Å². The number of nitrogens with one attached hydrogen (secondary N) is 1. The summed E-state index contributed by atoms with van der Waals surface area (Å²) >= 11 is 0. The Morgan fingerprint density at radius 2 is 2.00 bits per heavy atom. The van der Waals surface area contributed by atoms with E-state index in [1.807, 2.05) is 17.6 Å². The van der Waals surface area contributed by atoms with Crippen LogP contribution in [-0.2, 0) is 27.1 Å². The van der Waals surface area contributed by atoms with Crippen LogP contribution >= 0.6 is 0 Å². The van der Waals surface area contributed by atoms with Crippen LogP contribution in [0.3, 0.4) is 0 Å². The fourth-order valence-corrected chi connectivity index (χ4v) is 2.89. The number of hydrogen-bond acceptors (Lipinski definition) is 6. The zero-order valence-electron chi connectivity index (χ0n) is 13.2. The van der Waals surface area contributed by atoms with Crippen LogP contribution in [-0.4, -0.2) is 29.9 Å². The minimum absolute atomic E-state index is 0.0120. The van der Waals surface area contributed by atoms with Gasteiger partial charge in [-0.05, 0) is 13.3 Å². The molecule has 1 N–H and O–H groups in total. The second kappa shape index (κ2) is 5.39. The van der Waals surface area contributed by atoms with Gasteiger partial charge in [0.25, 0.3) is 5.56 Å². The number of rotatable bonds is 2. The molecule has 9 nitrogen and oxygen atoms in total. The zero-order chi connectivity index (χ0) is 16.7. The molecule has 0 radical (unpaired) electrons. The Morgan fingerprint density at radius 1 is 1.26 bits per heavy atom. The summed E-state index contributed by atoms with van der Waals surface area (Å²) in [7, 11) is 2.91. The molecule has 0 bridgehead atoms. The van der Waals surface area contributed by atoms with E-state index < -0.39 is 11.2 Å². The van der Waals surface area contributed by atoms with E-state index in [2.05, 4.69) is 15.5 Å². The highest BCUT2D eigenvalue weighted by Gasteiger charge is 2.24. The van der Waals surface area contributed by atoms with E-state index in [1.54, 1.807) is 7.05 Å². The molecule has 1 aliphatic rings. The lowest BCUT2D eigenvalue weighted by Gasteiger charge is -2.27. The van der Waals surface area contributed by atoms with Crippen LogP contribution in [0.25, 0.3) is 0 Å². The highest BCUT2D eigenvalue weighted by atomic mass is 16.2. The highest BCUT2D eigenvalue weighted by Crippen LogP contribution is 2.19. The van der Waals surface area contributed by atoms with E-state index in [-0.39, 0.29) is 17.4 Å². The van der Waals surface area contributed by atoms with E-state index >= 15 is 0 Å². The third-order valence-corrected chi connectivity index (χ3v) is 4.25. The van der Waals surface area contributed by atoms with Gasteiger partial charge >= 0.3 is 5.69 Å². The first-order valence-corrected chi connectivity index (χ1v) is 7.29. The van der Waals surface area contributed by atoms with Gasteiger partial charge in [0.2, 0.25) is 0 Å². The number of anilines is 1. The fraction of sp³-hybridized carbons (Fsp3) is 0.500. The zero-order valence-corrected chi connectivity index (χ0v) is 13.2. The molecule has 0 saturated heterocycles. The largest absolute Gasteiger partial charge is 0.366 e. The molecule has 120 valence electrons. The Hall–Kier alpha value is -2.89. The molecule has 2 aromatic heterocycles. The van der Waals surface area contributed by atoms with Gasteiger partial charge in [0.15, 0.2) is 5.56 Å². The van der Waals surface area contributed by atoms with Gasteiger partial charge in [0.1, 0.15) is 23.5 Å². The minimum Gasteiger partial charge on any atom is -0.366 e. The van der Waals surface area contributed by atoms with Gasteiger partial charge in [0, 0.05) is 33.1 Å². The lowest BCUT2D eigenvalue weighted by Crippen LogP contribution is -2.42. The van der Waals surface area contributed by atoms with Crippen LogP contribution in [0.15, 0.2) is 9.59 Å². The fourth-order valence-electron chi connectivity index (χ4n) is 2.89. The summed E-state index contributed by atoms with van der Waals surface area (Å²) < 4.78 is 4.24. The van der Waals surface area contributed by atoms with Gasteiger partial charge in [-0.1, -0.05) is 0 Å². The maximum atomic E-state index is 12.1. The molecule has 0 amide bonds. The smallest absolute Gasteiger partial charge is 0.332 e. The monoisotopic (exact) mass is 315 g/mol. The molecule has 0 aromatic carbocycles. The summed E-state index contributed by atoms with van der Waals surface area (Å²) in [6, 6.07) is 1.89. The topological polar surface area (TPSA) is 111 Å².